The second-order valence-electron chi connectivity index (χ2n) is 6.64. The summed E-state index contributed by atoms with van der Waals surface area (Å²) in [5.74, 6) is -2.28. The van der Waals surface area contributed by atoms with Crippen LogP contribution in [0.3, 0.4) is 0 Å². The average molecular weight is 368 g/mol. The number of carbonyl (C=O) groups excluding carboxylic acids is 1. The maximum atomic E-state index is 13.7. The number of aliphatic carboxylic acids is 1. The molecular weight excluding hydrogens is 349 g/mol. The number of amides is 1. The Balaban J connectivity index is 2.24. The quantitative estimate of drug-likeness (QED) is 0.848. The van der Waals surface area contributed by atoms with Gasteiger partial charge in [-0.25, -0.2) is 4.39 Å². The summed E-state index contributed by atoms with van der Waals surface area (Å²) < 4.78 is 15.3. The summed E-state index contributed by atoms with van der Waals surface area (Å²) >= 11 is 5.65. The third-order valence-corrected chi connectivity index (χ3v) is 3.87. The molecule has 1 aromatic heterocycles. The van der Waals surface area contributed by atoms with E-state index in [1.54, 1.807) is 10.9 Å². The maximum Gasteiger partial charge on any atom is 0.305 e. The molecule has 0 radical (unpaired) electrons. The van der Waals surface area contributed by atoms with Crippen molar-refractivity contribution >= 4 is 23.5 Å². The zero-order valence-corrected chi connectivity index (χ0v) is 14.8. The molecule has 0 unspecified atom stereocenters. The van der Waals surface area contributed by atoms with E-state index in [0.29, 0.717) is 11.1 Å². The zero-order valence-electron chi connectivity index (χ0n) is 14.1. The van der Waals surface area contributed by atoms with Gasteiger partial charge in [-0.3, -0.25) is 14.3 Å². The summed E-state index contributed by atoms with van der Waals surface area (Å²) in [4.78, 5) is 23.5. The van der Waals surface area contributed by atoms with Crippen LogP contribution in [-0.4, -0.2) is 26.8 Å². The van der Waals surface area contributed by atoms with Gasteiger partial charge in [-0.05, 0) is 38.5 Å². The topological polar surface area (TPSA) is 84.2 Å². The molecule has 134 valence electrons. The van der Waals surface area contributed by atoms with Crippen LogP contribution < -0.4 is 5.32 Å². The summed E-state index contributed by atoms with van der Waals surface area (Å²) in [7, 11) is 0. The number of nitrogens with zero attached hydrogens (tertiary/aromatic N) is 2. The van der Waals surface area contributed by atoms with E-state index >= 15 is 0 Å². The first-order valence-corrected chi connectivity index (χ1v) is 7.98. The first kappa shape index (κ1) is 18.9. The Bertz CT molecular complexity index is 799. The van der Waals surface area contributed by atoms with Crippen LogP contribution in [0.5, 0.6) is 0 Å². The average Bonchev–Trinajstić information content (AvgIpc) is 2.99. The van der Waals surface area contributed by atoms with E-state index in [-0.39, 0.29) is 17.0 Å². The van der Waals surface area contributed by atoms with Gasteiger partial charge in [0.05, 0.1) is 34.8 Å². The number of hydrogen-bond acceptors (Lipinski definition) is 3. The molecule has 0 bridgehead atoms. The van der Waals surface area contributed by atoms with E-state index < -0.39 is 23.7 Å². The number of hydrogen-bond donors (Lipinski definition) is 2. The molecule has 0 saturated heterocycles. The SMILES string of the molecule is CC(C)(C)n1cc(C(=O)N[C@@H](CC(=O)O)c2ccc(Cl)c(F)c2)cn1. The van der Waals surface area contributed by atoms with E-state index in [1.165, 1.54) is 18.3 Å². The van der Waals surface area contributed by atoms with Gasteiger partial charge < -0.3 is 10.4 Å². The summed E-state index contributed by atoms with van der Waals surface area (Å²) in [6.07, 6.45) is 2.59. The van der Waals surface area contributed by atoms with Crippen molar-refractivity contribution in [3.63, 3.8) is 0 Å². The Hall–Kier alpha value is -2.41. The highest BCUT2D eigenvalue weighted by Crippen LogP contribution is 2.23. The number of carboxylic acids is 1. The van der Waals surface area contributed by atoms with Crippen molar-refractivity contribution in [2.24, 2.45) is 0 Å². The molecule has 1 heterocycles. The largest absolute Gasteiger partial charge is 0.481 e. The fraction of sp³-hybridized carbons (Fsp3) is 0.353. The van der Waals surface area contributed by atoms with Crippen molar-refractivity contribution in [2.75, 3.05) is 0 Å². The van der Waals surface area contributed by atoms with Gasteiger partial charge in [0.1, 0.15) is 5.82 Å². The van der Waals surface area contributed by atoms with E-state index in [1.807, 2.05) is 20.8 Å². The minimum Gasteiger partial charge on any atom is -0.481 e. The summed E-state index contributed by atoms with van der Waals surface area (Å²) in [5, 5.41) is 15.7. The van der Waals surface area contributed by atoms with Crippen molar-refractivity contribution in [3.8, 4) is 0 Å². The van der Waals surface area contributed by atoms with Gasteiger partial charge in [0, 0.05) is 6.20 Å². The van der Waals surface area contributed by atoms with Crippen LogP contribution in [0.2, 0.25) is 5.02 Å². The fourth-order valence-electron chi connectivity index (χ4n) is 2.20. The molecule has 6 nitrogen and oxygen atoms in total. The van der Waals surface area contributed by atoms with Crippen LogP contribution in [-0.2, 0) is 10.3 Å². The van der Waals surface area contributed by atoms with E-state index in [0.717, 1.165) is 6.07 Å². The first-order chi connectivity index (χ1) is 11.6. The van der Waals surface area contributed by atoms with Crippen molar-refractivity contribution in [1.29, 1.82) is 0 Å². The molecule has 0 spiro atoms. The van der Waals surface area contributed by atoms with Crippen molar-refractivity contribution in [1.82, 2.24) is 15.1 Å². The maximum absolute atomic E-state index is 13.7. The number of carboxylic acid groups (broad SMARTS) is 1. The number of benzene rings is 1. The van der Waals surface area contributed by atoms with Gasteiger partial charge >= 0.3 is 5.97 Å². The Morgan fingerprint density at radius 2 is 2.08 bits per heavy atom. The Kier molecular flexibility index (Phi) is 5.47. The summed E-state index contributed by atoms with van der Waals surface area (Å²) in [6, 6.07) is 3.03. The Morgan fingerprint density at radius 1 is 1.40 bits per heavy atom. The van der Waals surface area contributed by atoms with Crippen LogP contribution in [0.4, 0.5) is 4.39 Å². The lowest BCUT2D eigenvalue weighted by Crippen LogP contribution is -2.30. The van der Waals surface area contributed by atoms with Crippen molar-refractivity contribution in [3.05, 3.63) is 52.6 Å². The van der Waals surface area contributed by atoms with Gasteiger partial charge in [-0.1, -0.05) is 17.7 Å². The highest BCUT2D eigenvalue weighted by molar-refractivity contribution is 6.30. The smallest absolute Gasteiger partial charge is 0.305 e. The van der Waals surface area contributed by atoms with Crippen LogP contribution in [0.15, 0.2) is 30.6 Å². The molecule has 0 fully saturated rings. The molecule has 2 aromatic rings. The molecule has 25 heavy (non-hydrogen) atoms. The Morgan fingerprint density at radius 3 is 2.60 bits per heavy atom. The minimum absolute atomic E-state index is 0.0735. The van der Waals surface area contributed by atoms with Crippen molar-refractivity contribution in [2.45, 2.75) is 38.8 Å². The predicted molar refractivity (Wildman–Crippen MR) is 91.1 cm³/mol. The molecule has 0 aliphatic carbocycles. The second-order valence-corrected chi connectivity index (χ2v) is 7.05. The molecule has 2 rings (SSSR count). The molecular formula is C17H19ClFN3O3. The van der Waals surface area contributed by atoms with E-state index in [2.05, 4.69) is 10.4 Å². The van der Waals surface area contributed by atoms with Gasteiger partial charge in [0.15, 0.2) is 0 Å². The first-order valence-electron chi connectivity index (χ1n) is 7.60. The fourth-order valence-corrected chi connectivity index (χ4v) is 2.32. The molecule has 0 saturated carbocycles. The van der Waals surface area contributed by atoms with Gasteiger partial charge in [0.2, 0.25) is 0 Å². The highest BCUT2D eigenvalue weighted by atomic mass is 35.5. The number of aromatic nitrogens is 2. The van der Waals surface area contributed by atoms with Crippen LogP contribution >= 0.6 is 11.6 Å². The molecule has 8 heteroatoms. The second kappa shape index (κ2) is 7.23. The number of nitrogens with one attached hydrogen (secondary N) is 1. The molecule has 1 aromatic carbocycles. The number of halogens is 2. The Labute approximate surface area is 149 Å². The molecule has 0 aliphatic rings. The minimum atomic E-state index is -1.12. The molecule has 2 N–H and O–H groups in total. The standard InChI is InChI=1S/C17H19ClFN3O3/c1-17(2,3)22-9-11(8-20-22)16(25)21-14(7-15(23)24)10-4-5-12(18)13(19)6-10/h4-6,8-9,14H,7H2,1-3H3,(H,21,25)(H,23,24)/t14-/m0/s1. The number of carbonyl (C=O) groups is 2. The highest BCUT2D eigenvalue weighted by Gasteiger charge is 2.22. The van der Waals surface area contributed by atoms with E-state index in [4.69, 9.17) is 16.7 Å². The summed E-state index contributed by atoms with van der Waals surface area (Å²) in [6.45, 7) is 5.81. The van der Waals surface area contributed by atoms with Gasteiger partial charge in [0.25, 0.3) is 5.91 Å². The lowest BCUT2D eigenvalue weighted by Gasteiger charge is -2.19. The summed E-state index contributed by atoms with van der Waals surface area (Å²) in [5.41, 5.74) is 0.318. The molecule has 1 amide bonds. The van der Waals surface area contributed by atoms with Crippen LogP contribution in [0, 0.1) is 5.82 Å². The predicted octanol–water partition coefficient (Wildman–Crippen LogP) is 3.38. The number of rotatable bonds is 5. The van der Waals surface area contributed by atoms with Gasteiger partial charge in [-0.15, -0.1) is 0 Å². The van der Waals surface area contributed by atoms with Gasteiger partial charge in [-0.2, -0.15) is 5.10 Å². The van der Waals surface area contributed by atoms with E-state index in [9.17, 15) is 14.0 Å². The third-order valence-electron chi connectivity index (χ3n) is 3.56. The normalized spacial score (nSPS) is 12.7. The lowest BCUT2D eigenvalue weighted by molar-refractivity contribution is -0.137. The van der Waals surface area contributed by atoms with Crippen LogP contribution in [0.1, 0.15) is 49.2 Å². The zero-order chi connectivity index (χ0) is 18.8. The lowest BCUT2D eigenvalue weighted by atomic mass is 10.0. The monoisotopic (exact) mass is 367 g/mol. The third kappa shape index (κ3) is 4.79. The van der Waals surface area contributed by atoms with Crippen LogP contribution in [0.25, 0.3) is 0 Å². The molecule has 1 atom stereocenters. The molecule has 0 aliphatic heterocycles. The van der Waals surface area contributed by atoms with Crippen molar-refractivity contribution < 1.29 is 19.1 Å².